The van der Waals surface area contributed by atoms with E-state index in [0.29, 0.717) is 13.1 Å². The third-order valence-electron chi connectivity index (χ3n) is 2.48. The van der Waals surface area contributed by atoms with Crippen LogP contribution in [0.4, 0.5) is 4.79 Å². The monoisotopic (exact) mass is 297 g/mol. The van der Waals surface area contributed by atoms with Crippen LogP contribution in [0.15, 0.2) is 0 Å². The predicted molar refractivity (Wildman–Crippen MR) is 76.0 cm³/mol. The van der Waals surface area contributed by atoms with Gasteiger partial charge < -0.3 is 9.64 Å². The zero-order chi connectivity index (χ0) is 13.3. The summed E-state index contributed by atoms with van der Waals surface area (Å²) in [6.45, 7) is 6.50. The quantitative estimate of drug-likeness (QED) is 0.773. The van der Waals surface area contributed by atoms with Gasteiger partial charge in [0, 0.05) is 19.3 Å². The maximum absolute atomic E-state index is 11.7. The Labute approximate surface area is 116 Å². The van der Waals surface area contributed by atoms with Crippen LogP contribution in [0, 0.1) is 5.92 Å². The van der Waals surface area contributed by atoms with E-state index in [4.69, 9.17) is 4.74 Å². The predicted octanol–water partition coefficient (Wildman–Crippen LogP) is 1.40. The van der Waals surface area contributed by atoms with Crippen molar-refractivity contribution in [2.75, 3.05) is 25.1 Å². The van der Waals surface area contributed by atoms with Gasteiger partial charge in [-0.2, -0.15) is 13.5 Å². The number of likely N-dealkylation sites (tertiary alicyclic amines) is 1. The van der Waals surface area contributed by atoms with Crippen molar-refractivity contribution >= 4 is 29.4 Å². The molecule has 0 N–H and O–H groups in total. The highest BCUT2D eigenvalue weighted by Crippen LogP contribution is 2.20. The van der Waals surface area contributed by atoms with Crippen molar-refractivity contribution in [3.05, 3.63) is 0 Å². The van der Waals surface area contributed by atoms with Crippen LogP contribution in [0.5, 0.6) is 0 Å². The number of hydrogen-bond acceptors (Lipinski definition) is 4. The topological polar surface area (TPSA) is 63.7 Å². The lowest BCUT2D eigenvalue weighted by Crippen LogP contribution is -2.35. The van der Waals surface area contributed by atoms with Gasteiger partial charge in [-0.3, -0.25) is 0 Å². The lowest BCUT2D eigenvalue weighted by atomic mass is 10.2. The van der Waals surface area contributed by atoms with E-state index in [1.54, 1.807) is 4.90 Å². The van der Waals surface area contributed by atoms with Crippen LogP contribution in [0.25, 0.3) is 0 Å². The molecule has 1 heterocycles. The lowest BCUT2D eigenvalue weighted by molar-refractivity contribution is 0.0289. The molecule has 0 spiro atoms. The summed E-state index contributed by atoms with van der Waals surface area (Å²) in [5.41, 5.74) is -0.508. The Hall–Kier alpha value is -0.430. The van der Waals surface area contributed by atoms with Crippen molar-refractivity contribution < 1.29 is 17.9 Å². The van der Waals surface area contributed by atoms with E-state index in [0.717, 1.165) is 6.42 Å². The Balaban J connectivity index is 0.00000289. The molecule has 7 heteroatoms. The summed E-state index contributed by atoms with van der Waals surface area (Å²) in [7, 11) is -2.97. The Morgan fingerprint density at radius 1 is 1.39 bits per heavy atom. The number of carbonyl (C=O) groups excluding carboxylic acids is 1. The first-order valence-corrected chi connectivity index (χ1v) is 7.78. The second-order valence-electron chi connectivity index (χ2n) is 5.67. The fraction of sp³-hybridized carbons (Fsp3) is 0.909. The molecule has 0 aromatic carbocycles. The van der Waals surface area contributed by atoms with Crippen LogP contribution in [-0.2, 0) is 14.6 Å². The highest BCUT2D eigenvalue weighted by Gasteiger charge is 2.31. The molecule has 0 aliphatic carbocycles. The molecule has 1 amide bonds. The molecule has 1 rings (SSSR count). The van der Waals surface area contributed by atoms with Crippen molar-refractivity contribution in [1.29, 1.82) is 0 Å². The summed E-state index contributed by atoms with van der Waals surface area (Å²) in [6, 6.07) is 0. The first-order chi connectivity index (χ1) is 7.57. The average Bonchev–Trinajstić information content (AvgIpc) is 2.45. The zero-order valence-corrected chi connectivity index (χ0v) is 13.2. The summed E-state index contributed by atoms with van der Waals surface area (Å²) in [6.07, 6.45) is 1.60. The minimum absolute atomic E-state index is 0. The standard InChI is InChI=1S/C11H21NO4S.H2S/c1-11(2,3)16-10(13)12-6-5-9(7-12)8-17(4,14)15;/h9H,5-8H2,1-4H3;1H2/t9-;/m0./s1. The number of amides is 1. The minimum atomic E-state index is -2.97. The average molecular weight is 297 g/mol. The van der Waals surface area contributed by atoms with E-state index in [1.807, 2.05) is 20.8 Å². The van der Waals surface area contributed by atoms with E-state index in [2.05, 4.69) is 0 Å². The van der Waals surface area contributed by atoms with Crippen LogP contribution in [0.3, 0.4) is 0 Å². The minimum Gasteiger partial charge on any atom is -0.444 e. The Morgan fingerprint density at radius 3 is 2.39 bits per heavy atom. The molecule has 0 radical (unpaired) electrons. The number of carbonyl (C=O) groups is 1. The highest BCUT2D eigenvalue weighted by atomic mass is 32.2. The van der Waals surface area contributed by atoms with Gasteiger partial charge >= 0.3 is 6.09 Å². The molecule has 5 nitrogen and oxygen atoms in total. The van der Waals surface area contributed by atoms with E-state index in [1.165, 1.54) is 6.26 Å². The molecule has 0 bridgehead atoms. The fourth-order valence-corrected chi connectivity index (χ4v) is 3.02. The Morgan fingerprint density at radius 2 is 1.94 bits per heavy atom. The molecule has 0 saturated carbocycles. The van der Waals surface area contributed by atoms with Gasteiger partial charge in [-0.25, -0.2) is 13.2 Å². The summed E-state index contributed by atoms with van der Waals surface area (Å²) in [5.74, 6) is 0.185. The molecular formula is C11H23NO4S2. The van der Waals surface area contributed by atoms with Crippen LogP contribution in [0.2, 0.25) is 0 Å². The van der Waals surface area contributed by atoms with Crippen LogP contribution in [0.1, 0.15) is 27.2 Å². The molecule has 0 aromatic heterocycles. The van der Waals surface area contributed by atoms with Gasteiger partial charge in [0.15, 0.2) is 0 Å². The van der Waals surface area contributed by atoms with Gasteiger partial charge in [-0.05, 0) is 33.1 Å². The lowest BCUT2D eigenvalue weighted by Gasteiger charge is -2.24. The molecule has 1 fully saturated rings. The van der Waals surface area contributed by atoms with Gasteiger partial charge in [-0.15, -0.1) is 0 Å². The highest BCUT2D eigenvalue weighted by molar-refractivity contribution is 7.90. The molecule has 0 unspecified atom stereocenters. The second kappa shape index (κ2) is 6.14. The van der Waals surface area contributed by atoms with Gasteiger partial charge in [0.1, 0.15) is 15.4 Å². The van der Waals surface area contributed by atoms with Crippen molar-refractivity contribution in [2.45, 2.75) is 32.8 Å². The smallest absolute Gasteiger partial charge is 0.410 e. The molecule has 0 aromatic rings. The molecule has 1 atom stereocenters. The van der Waals surface area contributed by atoms with Gasteiger partial charge in [-0.1, -0.05) is 0 Å². The van der Waals surface area contributed by atoms with Gasteiger partial charge in [0.25, 0.3) is 0 Å². The molecule has 1 saturated heterocycles. The normalized spacial score (nSPS) is 20.4. The van der Waals surface area contributed by atoms with Crippen molar-refractivity contribution in [2.24, 2.45) is 5.92 Å². The third kappa shape index (κ3) is 6.49. The number of ether oxygens (including phenoxy) is 1. The van der Waals surface area contributed by atoms with Crippen LogP contribution < -0.4 is 0 Å². The fourth-order valence-electron chi connectivity index (χ4n) is 1.89. The van der Waals surface area contributed by atoms with Gasteiger partial charge in [0.05, 0.1) is 5.75 Å². The van der Waals surface area contributed by atoms with E-state index >= 15 is 0 Å². The maximum Gasteiger partial charge on any atom is 0.410 e. The van der Waals surface area contributed by atoms with E-state index < -0.39 is 15.4 Å². The van der Waals surface area contributed by atoms with Crippen LogP contribution in [-0.4, -0.2) is 50.1 Å². The number of hydrogen-bond donors (Lipinski definition) is 0. The number of sulfone groups is 1. The summed E-state index contributed by atoms with van der Waals surface area (Å²) in [4.78, 5) is 13.3. The largest absolute Gasteiger partial charge is 0.444 e. The SMILES string of the molecule is CC(C)(C)OC(=O)N1CC[C@H](CS(C)(=O)=O)C1.S. The van der Waals surface area contributed by atoms with Gasteiger partial charge in [0.2, 0.25) is 0 Å². The first-order valence-electron chi connectivity index (χ1n) is 5.72. The summed E-state index contributed by atoms with van der Waals surface area (Å²) in [5, 5.41) is 0. The third-order valence-corrected chi connectivity index (χ3v) is 3.55. The Bertz CT molecular complexity index is 386. The van der Waals surface area contributed by atoms with Crippen molar-refractivity contribution in [3.63, 3.8) is 0 Å². The molecule has 1 aliphatic rings. The van der Waals surface area contributed by atoms with E-state index in [-0.39, 0.29) is 31.3 Å². The molecule has 1 aliphatic heterocycles. The maximum atomic E-state index is 11.7. The number of nitrogens with zero attached hydrogens (tertiary/aromatic N) is 1. The van der Waals surface area contributed by atoms with Crippen molar-refractivity contribution in [3.8, 4) is 0 Å². The summed E-state index contributed by atoms with van der Waals surface area (Å²) < 4.78 is 27.6. The molecule has 108 valence electrons. The molecular weight excluding hydrogens is 274 g/mol. The summed E-state index contributed by atoms with van der Waals surface area (Å²) >= 11 is 0. The van der Waals surface area contributed by atoms with Crippen molar-refractivity contribution in [1.82, 2.24) is 4.90 Å². The first kappa shape index (κ1) is 17.6. The van der Waals surface area contributed by atoms with Crippen LogP contribution >= 0.6 is 13.5 Å². The zero-order valence-electron chi connectivity index (χ0n) is 11.4. The van der Waals surface area contributed by atoms with E-state index in [9.17, 15) is 13.2 Å². The molecule has 18 heavy (non-hydrogen) atoms. The second-order valence-corrected chi connectivity index (χ2v) is 7.86. The Kier molecular flexibility index (Phi) is 6.00. The number of rotatable bonds is 2.